The first-order valence-electron chi connectivity index (χ1n) is 7.97. The van der Waals surface area contributed by atoms with Crippen LogP contribution in [0, 0.1) is 6.92 Å². The number of rotatable bonds is 5. The Hall–Kier alpha value is -0.930. The zero-order valence-electron chi connectivity index (χ0n) is 13.1. The fourth-order valence-electron chi connectivity index (χ4n) is 3.51. The van der Waals surface area contributed by atoms with E-state index in [4.69, 9.17) is 4.42 Å². The molecule has 1 fully saturated rings. The molecule has 2 aromatic rings. The van der Waals surface area contributed by atoms with E-state index < -0.39 is 0 Å². The molecule has 2 nitrogen and oxygen atoms in total. The van der Waals surface area contributed by atoms with E-state index in [1.165, 1.54) is 43.1 Å². The number of fused-ring (bicyclic) bond motifs is 1. The van der Waals surface area contributed by atoms with Gasteiger partial charge in [0.05, 0.1) is 0 Å². The van der Waals surface area contributed by atoms with E-state index in [0.717, 1.165) is 24.4 Å². The Morgan fingerprint density at radius 3 is 2.71 bits per heavy atom. The summed E-state index contributed by atoms with van der Waals surface area (Å²) in [7, 11) is 0. The molecule has 0 unspecified atom stereocenters. The molecule has 1 aliphatic carbocycles. The minimum Gasteiger partial charge on any atom is -0.461 e. The van der Waals surface area contributed by atoms with Gasteiger partial charge in [-0.3, -0.25) is 0 Å². The first-order valence-corrected chi connectivity index (χ1v) is 9.19. The lowest BCUT2D eigenvalue weighted by molar-refractivity contribution is 0.379. The number of benzene rings is 1. The Labute approximate surface area is 131 Å². The fraction of sp³-hybridized carbons (Fsp3) is 0.556. The molecular weight excluding hydrogens is 278 g/mol. The van der Waals surface area contributed by atoms with Crippen LogP contribution in [0.1, 0.15) is 43.4 Å². The zero-order chi connectivity index (χ0) is 14.7. The van der Waals surface area contributed by atoms with E-state index in [-0.39, 0.29) is 0 Å². The molecule has 1 N–H and O–H groups in total. The molecule has 3 rings (SSSR count). The van der Waals surface area contributed by atoms with Gasteiger partial charge in [-0.2, -0.15) is 11.8 Å². The highest BCUT2D eigenvalue weighted by atomic mass is 32.2. The lowest BCUT2D eigenvalue weighted by Crippen LogP contribution is -2.39. The van der Waals surface area contributed by atoms with Gasteiger partial charge in [0.1, 0.15) is 11.3 Å². The minimum atomic E-state index is 0.450. The van der Waals surface area contributed by atoms with Crippen LogP contribution >= 0.6 is 11.8 Å². The Balaban J connectivity index is 1.67. The summed E-state index contributed by atoms with van der Waals surface area (Å²) in [6, 6.07) is 8.34. The third-order valence-electron chi connectivity index (χ3n) is 4.85. The first-order chi connectivity index (χ1) is 10.2. The largest absolute Gasteiger partial charge is 0.461 e. The number of para-hydroxylation sites is 1. The predicted octanol–water partition coefficient (Wildman–Crippen LogP) is 4.90. The zero-order valence-corrected chi connectivity index (χ0v) is 13.9. The molecule has 1 heterocycles. The lowest BCUT2D eigenvalue weighted by atomic mass is 9.88. The first kappa shape index (κ1) is 15.0. The van der Waals surface area contributed by atoms with Crippen LogP contribution < -0.4 is 5.32 Å². The summed E-state index contributed by atoms with van der Waals surface area (Å²) in [4.78, 5) is 0. The molecule has 0 bridgehead atoms. The van der Waals surface area contributed by atoms with Gasteiger partial charge >= 0.3 is 0 Å². The van der Waals surface area contributed by atoms with Crippen LogP contribution in [0.2, 0.25) is 0 Å². The monoisotopic (exact) mass is 303 g/mol. The average molecular weight is 303 g/mol. The second kappa shape index (κ2) is 6.45. The van der Waals surface area contributed by atoms with Crippen molar-refractivity contribution in [1.29, 1.82) is 0 Å². The standard InChI is InChI=1S/C18H25NOS/c1-14-16(15-8-4-5-9-17(15)20-14)12-19-13-18(21-2)10-6-3-7-11-18/h4-5,8-9,19H,3,6-7,10-13H2,1-2H3. The van der Waals surface area contributed by atoms with Crippen LogP contribution in [0.4, 0.5) is 0 Å². The Bertz CT molecular complexity index is 598. The maximum atomic E-state index is 5.85. The molecule has 1 aliphatic rings. The van der Waals surface area contributed by atoms with Gasteiger partial charge < -0.3 is 9.73 Å². The van der Waals surface area contributed by atoms with Crippen molar-refractivity contribution < 1.29 is 4.42 Å². The number of nitrogens with one attached hydrogen (secondary N) is 1. The summed E-state index contributed by atoms with van der Waals surface area (Å²) in [5.41, 5.74) is 2.32. The molecule has 3 heteroatoms. The maximum absolute atomic E-state index is 5.85. The SMILES string of the molecule is CSC1(CNCc2c(C)oc3ccccc23)CCCCC1. The predicted molar refractivity (Wildman–Crippen MR) is 92.0 cm³/mol. The summed E-state index contributed by atoms with van der Waals surface area (Å²) < 4.78 is 6.30. The van der Waals surface area contributed by atoms with Crippen LogP contribution in [-0.4, -0.2) is 17.5 Å². The summed E-state index contributed by atoms with van der Waals surface area (Å²) in [5.74, 6) is 1.05. The third-order valence-corrected chi connectivity index (χ3v) is 6.27. The molecule has 0 atom stereocenters. The molecule has 21 heavy (non-hydrogen) atoms. The molecule has 1 aromatic heterocycles. The van der Waals surface area contributed by atoms with Crippen LogP contribution in [0.15, 0.2) is 28.7 Å². The molecular formula is C18H25NOS. The van der Waals surface area contributed by atoms with Crippen molar-refractivity contribution in [3.05, 3.63) is 35.6 Å². The normalized spacial score (nSPS) is 18.2. The van der Waals surface area contributed by atoms with Crippen molar-refractivity contribution in [2.75, 3.05) is 12.8 Å². The van der Waals surface area contributed by atoms with Gasteiger partial charge in [0.2, 0.25) is 0 Å². The van der Waals surface area contributed by atoms with Crippen LogP contribution in [-0.2, 0) is 6.54 Å². The second-order valence-electron chi connectivity index (χ2n) is 6.18. The quantitative estimate of drug-likeness (QED) is 0.850. The van der Waals surface area contributed by atoms with Crippen molar-refractivity contribution in [2.45, 2.75) is 50.3 Å². The molecule has 0 aliphatic heterocycles. The summed E-state index contributed by atoms with van der Waals surface area (Å²) in [6.45, 7) is 4.08. The number of hydrogen-bond acceptors (Lipinski definition) is 3. The van der Waals surface area contributed by atoms with Gasteiger partial charge in [-0.25, -0.2) is 0 Å². The second-order valence-corrected chi connectivity index (χ2v) is 7.46. The van der Waals surface area contributed by atoms with Gasteiger partial charge in [-0.15, -0.1) is 0 Å². The van der Waals surface area contributed by atoms with Gasteiger partial charge in [0, 0.05) is 28.8 Å². The molecule has 0 spiro atoms. The van der Waals surface area contributed by atoms with Gasteiger partial charge in [0.25, 0.3) is 0 Å². The number of hydrogen-bond donors (Lipinski definition) is 1. The van der Waals surface area contributed by atoms with E-state index in [1.807, 2.05) is 6.07 Å². The summed E-state index contributed by atoms with van der Waals surface area (Å²) in [5, 5.41) is 4.96. The van der Waals surface area contributed by atoms with Crippen molar-refractivity contribution in [3.8, 4) is 0 Å². The Morgan fingerprint density at radius 1 is 1.19 bits per heavy atom. The number of thioether (sulfide) groups is 1. The van der Waals surface area contributed by atoms with Crippen molar-refractivity contribution in [3.63, 3.8) is 0 Å². The highest BCUT2D eigenvalue weighted by Crippen LogP contribution is 2.38. The fourth-order valence-corrected chi connectivity index (χ4v) is 4.45. The van der Waals surface area contributed by atoms with E-state index in [1.54, 1.807) is 0 Å². The van der Waals surface area contributed by atoms with Gasteiger partial charge in [-0.05, 0) is 32.1 Å². The van der Waals surface area contributed by atoms with Crippen LogP contribution in [0.5, 0.6) is 0 Å². The molecule has 0 amide bonds. The van der Waals surface area contributed by atoms with Crippen molar-refractivity contribution in [2.24, 2.45) is 0 Å². The summed E-state index contributed by atoms with van der Waals surface area (Å²) in [6.07, 6.45) is 9.16. The smallest absolute Gasteiger partial charge is 0.134 e. The Morgan fingerprint density at radius 2 is 1.95 bits per heavy atom. The Kier molecular flexibility index (Phi) is 4.60. The van der Waals surface area contributed by atoms with Crippen molar-refractivity contribution in [1.82, 2.24) is 5.32 Å². The summed E-state index contributed by atoms with van der Waals surface area (Å²) >= 11 is 2.05. The van der Waals surface area contributed by atoms with E-state index in [2.05, 4.69) is 48.5 Å². The molecule has 1 saturated carbocycles. The lowest BCUT2D eigenvalue weighted by Gasteiger charge is -2.36. The van der Waals surface area contributed by atoms with E-state index >= 15 is 0 Å². The number of furan rings is 1. The number of aryl methyl sites for hydroxylation is 1. The van der Waals surface area contributed by atoms with Gasteiger partial charge in [0.15, 0.2) is 0 Å². The molecule has 114 valence electrons. The van der Waals surface area contributed by atoms with E-state index in [0.29, 0.717) is 4.75 Å². The van der Waals surface area contributed by atoms with Crippen molar-refractivity contribution >= 4 is 22.7 Å². The molecule has 0 saturated heterocycles. The molecule has 1 aromatic carbocycles. The van der Waals surface area contributed by atoms with Crippen LogP contribution in [0.25, 0.3) is 11.0 Å². The maximum Gasteiger partial charge on any atom is 0.134 e. The molecule has 0 radical (unpaired) electrons. The average Bonchev–Trinajstić information content (AvgIpc) is 2.84. The van der Waals surface area contributed by atoms with Gasteiger partial charge in [-0.1, -0.05) is 37.5 Å². The highest BCUT2D eigenvalue weighted by Gasteiger charge is 2.30. The topological polar surface area (TPSA) is 25.2 Å². The minimum absolute atomic E-state index is 0.450. The van der Waals surface area contributed by atoms with E-state index in [9.17, 15) is 0 Å². The highest BCUT2D eigenvalue weighted by molar-refractivity contribution is 8.00. The van der Waals surface area contributed by atoms with Crippen LogP contribution in [0.3, 0.4) is 0 Å². The third kappa shape index (κ3) is 3.14.